The average molecular weight is 336 g/mol. The summed E-state index contributed by atoms with van der Waals surface area (Å²) in [5, 5.41) is 0.398. The van der Waals surface area contributed by atoms with E-state index < -0.39 is 18.0 Å². The number of carbonyl (C=O) groups is 2. The molecule has 0 aliphatic carbocycles. The van der Waals surface area contributed by atoms with Crippen LogP contribution in [0.4, 0.5) is 0 Å². The number of methoxy groups -OCH3 is 1. The number of benzene rings is 1. The van der Waals surface area contributed by atoms with E-state index >= 15 is 0 Å². The summed E-state index contributed by atoms with van der Waals surface area (Å²) < 4.78 is 11.1. The van der Waals surface area contributed by atoms with E-state index in [1.807, 2.05) is 0 Å². The highest BCUT2D eigenvalue weighted by molar-refractivity contribution is 6.30. The van der Waals surface area contributed by atoms with E-state index in [4.69, 9.17) is 16.3 Å². The van der Waals surface area contributed by atoms with Crippen LogP contribution in [0.3, 0.4) is 0 Å². The first-order valence-corrected chi connectivity index (χ1v) is 7.01. The van der Waals surface area contributed by atoms with Gasteiger partial charge >= 0.3 is 11.9 Å². The monoisotopic (exact) mass is 335 g/mol. The molecule has 1 atom stereocenters. The fourth-order valence-electron chi connectivity index (χ4n) is 1.92. The molecule has 0 saturated heterocycles. The molecule has 0 fully saturated rings. The van der Waals surface area contributed by atoms with Gasteiger partial charge in [-0.05, 0) is 18.2 Å². The van der Waals surface area contributed by atoms with E-state index in [-0.39, 0.29) is 11.1 Å². The molecule has 0 unspecified atom stereocenters. The Bertz CT molecular complexity index is 799. The van der Waals surface area contributed by atoms with Crippen LogP contribution in [0.5, 0.6) is 0 Å². The Morgan fingerprint density at radius 1 is 1.22 bits per heavy atom. The summed E-state index contributed by atoms with van der Waals surface area (Å²) in [6.45, 7) is 0. The zero-order valence-corrected chi connectivity index (χ0v) is 13.2. The highest BCUT2D eigenvalue weighted by Gasteiger charge is 2.27. The third kappa shape index (κ3) is 3.98. The van der Waals surface area contributed by atoms with E-state index in [1.54, 1.807) is 18.2 Å². The van der Waals surface area contributed by atoms with Crippen LogP contribution in [-0.4, -0.2) is 23.6 Å². The van der Waals surface area contributed by atoms with Crippen molar-refractivity contribution in [3.05, 3.63) is 69.1 Å². The molecule has 0 aliphatic heterocycles. The number of ether oxygens (including phenoxy) is 2. The number of aryl methyl sites for hydroxylation is 1. The van der Waals surface area contributed by atoms with Gasteiger partial charge in [0.15, 0.2) is 0 Å². The fourth-order valence-corrected chi connectivity index (χ4v) is 2.12. The smallest absolute Gasteiger partial charge is 0.351 e. The van der Waals surface area contributed by atoms with Crippen molar-refractivity contribution in [3.63, 3.8) is 0 Å². The molecule has 1 aromatic carbocycles. The molecule has 2 aromatic rings. The maximum absolute atomic E-state index is 12.2. The van der Waals surface area contributed by atoms with Crippen LogP contribution in [0.1, 0.15) is 22.0 Å². The van der Waals surface area contributed by atoms with Gasteiger partial charge in [-0.3, -0.25) is 4.79 Å². The molecule has 23 heavy (non-hydrogen) atoms. The maximum Gasteiger partial charge on any atom is 0.351 e. The van der Waals surface area contributed by atoms with E-state index in [9.17, 15) is 14.4 Å². The minimum Gasteiger partial charge on any atom is -0.466 e. The molecular weight excluding hydrogens is 322 g/mol. The molecule has 1 aromatic heterocycles. The number of carbonyl (C=O) groups excluding carboxylic acids is 2. The minimum absolute atomic E-state index is 0.142. The van der Waals surface area contributed by atoms with E-state index in [0.29, 0.717) is 10.6 Å². The van der Waals surface area contributed by atoms with Crippen LogP contribution in [0, 0.1) is 0 Å². The quantitative estimate of drug-likeness (QED) is 0.800. The van der Waals surface area contributed by atoms with Crippen LogP contribution in [0.15, 0.2) is 47.4 Å². The van der Waals surface area contributed by atoms with Crippen molar-refractivity contribution in [1.82, 2.24) is 4.57 Å². The minimum atomic E-state index is -1.25. The average Bonchev–Trinajstić information content (AvgIpc) is 2.54. The largest absolute Gasteiger partial charge is 0.466 e. The van der Waals surface area contributed by atoms with Crippen LogP contribution in [0.25, 0.3) is 0 Å². The first-order valence-electron chi connectivity index (χ1n) is 6.63. The molecule has 0 N–H and O–H groups in total. The van der Waals surface area contributed by atoms with Crippen molar-refractivity contribution < 1.29 is 19.1 Å². The lowest BCUT2D eigenvalue weighted by Gasteiger charge is -2.16. The standard InChI is InChI=1S/C16H14ClNO5/c1-18-9-11(6-7-13(18)19)15(20)23-14(16(21)22-2)10-4-3-5-12(17)8-10/h3-9,14H,1-2H3/t14-/m1/s1. The second kappa shape index (κ2) is 7.11. The predicted molar refractivity (Wildman–Crippen MR) is 83.3 cm³/mol. The van der Waals surface area contributed by atoms with Gasteiger partial charge in [0, 0.05) is 29.9 Å². The van der Waals surface area contributed by atoms with Crippen LogP contribution in [-0.2, 0) is 21.3 Å². The number of nitrogens with zero attached hydrogens (tertiary/aromatic N) is 1. The summed E-state index contributed by atoms with van der Waals surface area (Å²) in [7, 11) is 2.70. The Balaban J connectivity index is 2.30. The third-order valence-electron chi connectivity index (χ3n) is 3.11. The van der Waals surface area contributed by atoms with Crippen molar-refractivity contribution in [2.75, 3.05) is 7.11 Å². The molecule has 2 rings (SSSR count). The number of rotatable bonds is 4. The van der Waals surface area contributed by atoms with Gasteiger partial charge in [0.2, 0.25) is 11.7 Å². The Labute approximate surface area is 137 Å². The van der Waals surface area contributed by atoms with Gasteiger partial charge in [0.05, 0.1) is 12.7 Å². The van der Waals surface area contributed by atoms with Crippen molar-refractivity contribution >= 4 is 23.5 Å². The Morgan fingerprint density at radius 2 is 1.96 bits per heavy atom. The number of aromatic nitrogens is 1. The molecule has 0 saturated carbocycles. The van der Waals surface area contributed by atoms with Crippen LogP contribution >= 0.6 is 11.6 Å². The highest BCUT2D eigenvalue weighted by Crippen LogP contribution is 2.23. The summed E-state index contributed by atoms with van der Waals surface area (Å²) in [4.78, 5) is 35.5. The van der Waals surface area contributed by atoms with E-state index in [0.717, 1.165) is 0 Å². The SMILES string of the molecule is COC(=O)[C@H](OC(=O)c1ccc(=O)n(C)c1)c1cccc(Cl)c1. The number of halogens is 1. The van der Waals surface area contributed by atoms with Gasteiger partial charge in [-0.1, -0.05) is 23.7 Å². The molecule has 6 nitrogen and oxygen atoms in total. The molecule has 0 radical (unpaired) electrons. The summed E-state index contributed by atoms with van der Waals surface area (Å²) in [6.07, 6.45) is 0.0835. The number of pyridine rings is 1. The first kappa shape index (κ1) is 16.8. The van der Waals surface area contributed by atoms with Gasteiger partial charge in [0.25, 0.3) is 0 Å². The van der Waals surface area contributed by atoms with Crippen LogP contribution in [0.2, 0.25) is 5.02 Å². The fraction of sp³-hybridized carbons (Fsp3) is 0.188. The summed E-state index contributed by atoms with van der Waals surface area (Å²) >= 11 is 5.90. The van der Waals surface area contributed by atoms with Crippen molar-refractivity contribution in [2.24, 2.45) is 7.05 Å². The molecule has 0 aliphatic rings. The van der Waals surface area contributed by atoms with Gasteiger partial charge in [-0.25, -0.2) is 9.59 Å². The highest BCUT2D eigenvalue weighted by atomic mass is 35.5. The predicted octanol–water partition coefficient (Wildman–Crippen LogP) is 2.11. The molecule has 7 heteroatoms. The summed E-state index contributed by atoms with van der Waals surface area (Å²) in [5.74, 6) is -1.48. The summed E-state index contributed by atoms with van der Waals surface area (Å²) in [6, 6.07) is 8.95. The van der Waals surface area contributed by atoms with Crippen LogP contribution < -0.4 is 5.56 Å². The molecule has 0 amide bonds. The Hall–Kier alpha value is -2.60. The van der Waals surface area contributed by atoms with Crippen molar-refractivity contribution in [2.45, 2.75) is 6.10 Å². The third-order valence-corrected chi connectivity index (χ3v) is 3.35. The maximum atomic E-state index is 12.2. The van der Waals surface area contributed by atoms with Gasteiger partial charge < -0.3 is 14.0 Å². The molecule has 1 heterocycles. The summed E-state index contributed by atoms with van der Waals surface area (Å²) in [5.41, 5.74) is 0.270. The van der Waals surface area contributed by atoms with Gasteiger partial charge in [-0.2, -0.15) is 0 Å². The molecule has 0 spiro atoms. The van der Waals surface area contributed by atoms with E-state index in [2.05, 4.69) is 4.74 Å². The number of hydrogen-bond acceptors (Lipinski definition) is 5. The van der Waals surface area contributed by atoms with Crippen molar-refractivity contribution in [3.8, 4) is 0 Å². The molecular formula is C16H14ClNO5. The second-order valence-electron chi connectivity index (χ2n) is 4.73. The Morgan fingerprint density at radius 3 is 2.57 bits per heavy atom. The Kier molecular flexibility index (Phi) is 5.18. The normalized spacial score (nSPS) is 11.6. The molecule has 120 valence electrons. The number of hydrogen-bond donors (Lipinski definition) is 0. The lowest BCUT2D eigenvalue weighted by molar-refractivity contribution is -0.151. The van der Waals surface area contributed by atoms with Gasteiger partial charge in [-0.15, -0.1) is 0 Å². The van der Waals surface area contributed by atoms with Crippen molar-refractivity contribution in [1.29, 1.82) is 0 Å². The first-order chi connectivity index (χ1) is 10.9. The second-order valence-corrected chi connectivity index (χ2v) is 5.17. The zero-order chi connectivity index (χ0) is 17.0. The topological polar surface area (TPSA) is 74.6 Å². The molecule has 0 bridgehead atoms. The lowest BCUT2D eigenvalue weighted by Crippen LogP contribution is -2.23. The lowest BCUT2D eigenvalue weighted by atomic mass is 10.1. The zero-order valence-electron chi connectivity index (χ0n) is 12.5. The van der Waals surface area contributed by atoms with E-state index in [1.165, 1.54) is 43.1 Å². The van der Waals surface area contributed by atoms with Gasteiger partial charge in [0.1, 0.15) is 0 Å². The number of esters is 2.